The summed E-state index contributed by atoms with van der Waals surface area (Å²) < 4.78 is 10.3. The molecule has 1 rings (SSSR count). The molecule has 4 heteroatoms. The van der Waals surface area contributed by atoms with E-state index in [4.69, 9.17) is 9.47 Å². The molecule has 1 aromatic carbocycles. The highest BCUT2D eigenvalue weighted by molar-refractivity contribution is 9.10. The SMILES string of the molecule is COc1ccc(CCCC(Br)C(=O)OC(C)C)cc1. The fraction of sp³-hybridized carbons (Fsp3) is 0.533. The lowest BCUT2D eigenvalue weighted by atomic mass is 10.1. The number of aryl methyl sites for hydroxylation is 1. The van der Waals surface area contributed by atoms with Crippen molar-refractivity contribution in [2.75, 3.05) is 7.11 Å². The predicted octanol–water partition coefficient (Wildman–Crippen LogP) is 3.73. The Labute approximate surface area is 123 Å². The lowest BCUT2D eigenvalue weighted by molar-refractivity contribution is -0.146. The molecule has 0 aliphatic rings. The minimum absolute atomic E-state index is 0.0610. The van der Waals surface area contributed by atoms with Gasteiger partial charge in [0, 0.05) is 0 Å². The number of benzene rings is 1. The minimum Gasteiger partial charge on any atom is -0.497 e. The van der Waals surface area contributed by atoms with E-state index in [9.17, 15) is 4.79 Å². The molecule has 0 amide bonds. The summed E-state index contributed by atoms with van der Waals surface area (Å²) in [5, 5.41) is 0. The van der Waals surface area contributed by atoms with Crippen LogP contribution in [0.25, 0.3) is 0 Å². The first kappa shape index (κ1) is 16.0. The zero-order valence-electron chi connectivity index (χ0n) is 11.7. The molecule has 0 N–H and O–H groups in total. The molecule has 1 atom stereocenters. The summed E-state index contributed by atoms with van der Waals surface area (Å²) in [5.74, 6) is 0.687. The molecule has 0 spiro atoms. The Morgan fingerprint density at radius 1 is 1.26 bits per heavy atom. The molecular formula is C15H21BrO3. The van der Waals surface area contributed by atoms with E-state index in [2.05, 4.69) is 28.1 Å². The van der Waals surface area contributed by atoms with Crippen LogP contribution in [0.4, 0.5) is 0 Å². The molecule has 0 heterocycles. The van der Waals surface area contributed by atoms with Crippen molar-refractivity contribution in [1.82, 2.24) is 0 Å². The maximum absolute atomic E-state index is 11.6. The predicted molar refractivity (Wildman–Crippen MR) is 79.9 cm³/mol. The number of alkyl halides is 1. The van der Waals surface area contributed by atoms with Crippen molar-refractivity contribution in [2.45, 2.75) is 44.0 Å². The second-order valence-electron chi connectivity index (χ2n) is 4.69. The van der Waals surface area contributed by atoms with Crippen LogP contribution >= 0.6 is 15.9 Å². The average molecular weight is 329 g/mol. The van der Waals surface area contributed by atoms with E-state index in [1.807, 2.05) is 26.0 Å². The summed E-state index contributed by atoms with van der Waals surface area (Å²) in [4.78, 5) is 11.4. The second-order valence-corrected chi connectivity index (χ2v) is 5.80. The first-order chi connectivity index (χ1) is 9.02. The quantitative estimate of drug-likeness (QED) is 0.565. The van der Waals surface area contributed by atoms with Crippen LogP contribution in [-0.2, 0) is 16.0 Å². The Morgan fingerprint density at radius 2 is 1.89 bits per heavy atom. The van der Waals surface area contributed by atoms with Crippen LogP contribution in [0.3, 0.4) is 0 Å². The number of esters is 1. The van der Waals surface area contributed by atoms with Crippen LogP contribution in [0, 0.1) is 0 Å². The minimum atomic E-state index is -0.215. The highest BCUT2D eigenvalue weighted by Gasteiger charge is 2.16. The molecule has 0 aromatic heterocycles. The Kier molecular flexibility index (Phi) is 6.92. The average Bonchev–Trinajstić information content (AvgIpc) is 2.38. The number of hydrogen-bond donors (Lipinski definition) is 0. The van der Waals surface area contributed by atoms with E-state index in [1.54, 1.807) is 7.11 Å². The Balaban J connectivity index is 2.30. The fourth-order valence-corrected chi connectivity index (χ4v) is 2.13. The maximum Gasteiger partial charge on any atom is 0.319 e. The molecule has 19 heavy (non-hydrogen) atoms. The number of ether oxygens (including phenoxy) is 2. The van der Waals surface area contributed by atoms with E-state index < -0.39 is 0 Å². The number of hydrogen-bond acceptors (Lipinski definition) is 3. The summed E-state index contributed by atoms with van der Waals surface area (Å²) in [7, 11) is 1.66. The van der Waals surface area contributed by atoms with Gasteiger partial charge in [0.1, 0.15) is 10.6 Å². The summed E-state index contributed by atoms with van der Waals surface area (Å²) in [6.45, 7) is 3.71. The van der Waals surface area contributed by atoms with Gasteiger partial charge in [-0.3, -0.25) is 4.79 Å². The van der Waals surface area contributed by atoms with Gasteiger partial charge >= 0.3 is 5.97 Å². The van der Waals surface area contributed by atoms with Gasteiger partial charge in [0.2, 0.25) is 0 Å². The Hall–Kier alpha value is -1.03. The number of carbonyl (C=O) groups is 1. The summed E-state index contributed by atoms with van der Waals surface area (Å²) in [6.07, 6.45) is 2.60. The van der Waals surface area contributed by atoms with Gasteiger partial charge in [0.05, 0.1) is 13.2 Å². The molecular weight excluding hydrogens is 308 g/mol. The van der Waals surface area contributed by atoms with E-state index in [0.717, 1.165) is 25.0 Å². The number of halogens is 1. The number of carbonyl (C=O) groups excluding carboxylic acids is 1. The van der Waals surface area contributed by atoms with Crippen molar-refractivity contribution in [3.8, 4) is 5.75 Å². The van der Waals surface area contributed by atoms with Crippen LogP contribution in [0.1, 0.15) is 32.3 Å². The molecule has 0 bridgehead atoms. The third-order valence-electron chi connectivity index (χ3n) is 2.69. The van der Waals surface area contributed by atoms with E-state index in [1.165, 1.54) is 5.56 Å². The molecule has 0 aliphatic carbocycles. The lowest BCUT2D eigenvalue weighted by Crippen LogP contribution is -2.21. The van der Waals surface area contributed by atoms with Gasteiger partial charge in [0.25, 0.3) is 0 Å². The molecule has 0 saturated heterocycles. The van der Waals surface area contributed by atoms with Gasteiger partial charge in [-0.15, -0.1) is 0 Å². The smallest absolute Gasteiger partial charge is 0.319 e. The van der Waals surface area contributed by atoms with Gasteiger partial charge < -0.3 is 9.47 Å². The van der Waals surface area contributed by atoms with Crippen LogP contribution in [-0.4, -0.2) is 24.0 Å². The summed E-state index contributed by atoms with van der Waals surface area (Å²) in [5.41, 5.74) is 1.25. The topological polar surface area (TPSA) is 35.5 Å². The van der Waals surface area contributed by atoms with Gasteiger partial charge in [-0.1, -0.05) is 28.1 Å². The van der Waals surface area contributed by atoms with E-state index in [0.29, 0.717) is 0 Å². The monoisotopic (exact) mass is 328 g/mol. The van der Waals surface area contributed by atoms with Crippen molar-refractivity contribution in [1.29, 1.82) is 0 Å². The zero-order valence-corrected chi connectivity index (χ0v) is 13.3. The molecule has 0 fully saturated rings. The molecule has 0 saturated carbocycles. The largest absolute Gasteiger partial charge is 0.497 e. The van der Waals surface area contributed by atoms with Crippen molar-refractivity contribution in [3.63, 3.8) is 0 Å². The summed E-state index contributed by atoms with van der Waals surface area (Å²) >= 11 is 3.37. The maximum atomic E-state index is 11.6. The standard InChI is InChI=1S/C15H21BrO3/c1-11(2)19-15(17)14(16)6-4-5-12-7-9-13(18-3)10-8-12/h7-11,14H,4-6H2,1-3H3. The molecule has 3 nitrogen and oxygen atoms in total. The van der Waals surface area contributed by atoms with Gasteiger partial charge in [0.15, 0.2) is 0 Å². The summed E-state index contributed by atoms with van der Waals surface area (Å²) in [6, 6.07) is 8.00. The van der Waals surface area contributed by atoms with Crippen molar-refractivity contribution >= 4 is 21.9 Å². The van der Waals surface area contributed by atoms with Crippen LogP contribution < -0.4 is 4.74 Å². The highest BCUT2D eigenvalue weighted by atomic mass is 79.9. The normalized spacial score (nSPS) is 12.3. The van der Waals surface area contributed by atoms with Crippen LogP contribution in [0.5, 0.6) is 5.75 Å². The Bertz CT molecular complexity index is 387. The van der Waals surface area contributed by atoms with Crippen molar-refractivity contribution < 1.29 is 14.3 Å². The van der Waals surface area contributed by atoms with Crippen LogP contribution in [0.2, 0.25) is 0 Å². The Morgan fingerprint density at radius 3 is 2.42 bits per heavy atom. The van der Waals surface area contributed by atoms with Gasteiger partial charge in [-0.05, 0) is 50.8 Å². The van der Waals surface area contributed by atoms with Gasteiger partial charge in [-0.25, -0.2) is 0 Å². The zero-order chi connectivity index (χ0) is 14.3. The fourth-order valence-electron chi connectivity index (χ4n) is 1.70. The van der Waals surface area contributed by atoms with Crippen LogP contribution in [0.15, 0.2) is 24.3 Å². The molecule has 0 aliphatic heterocycles. The van der Waals surface area contributed by atoms with Gasteiger partial charge in [-0.2, -0.15) is 0 Å². The highest BCUT2D eigenvalue weighted by Crippen LogP contribution is 2.16. The molecule has 1 aromatic rings. The van der Waals surface area contributed by atoms with E-state index >= 15 is 0 Å². The van der Waals surface area contributed by atoms with Crippen molar-refractivity contribution in [2.24, 2.45) is 0 Å². The number of rotatable bonds is 7. The molecule has 0 radical (unpaired) electrons. The van der Waals surface area contributed by atoms with Crippen molar-refractivity contribution in [3.05, 3.63) is 29.8 Å². The van der Waals surface area contributed by atoms with E-state index in [-0.39, 0.29) is 16.9 Å². The lowest BCUT2D eigenvalue weighted by Gasteiger charge is -2.12. The molecule has 106 valence electrons. The number of methoxy groups -OCH3 is 1. The molecule has 1 unspecified atom stereocenters. The third-order valence-corrected chi connectivity index (χ3v) is 3.52. The first-order valence-corrected chi connectivity index (χ1v) is 7.42. The third kappa shape index (κ3) is 6.10. The second kappa shape index (κ2) is 8.20. The first-order valence-electron chi connectivity index (χ1n) is 6.50.